The van der Waals surface area contributed by atoms with Crippen LogP contribution in [0.25, 0.3) is 0 Å². The van der Waals surface area contributed by atoms with Gasteiger partial charge in [-0.1, -0.05) is 32.5 Å². The van der Waals surface area contributed by atoms with Gasteiger partial charge in [0, 0.05) is 29.6 Å². The molecule has 0 N–H and O–H groups in total. The molecule has 1 aliphatic carbocycles. The van der Waals surface area contributed by atoms with Crippen molar-refractivity contribution in [2.75, 3.05) is 23.2 Å². The summed E-state index contributed by atoms with van der Waals surface area (Å²) in [5.41, 5.74) is 1.80. The topological polar surface area (TPSA) is 67.8 Å². The van der Waals surface area contributed by atoms with Crippen LogP contribution < -0.4 is 14.5 Å². The molecule has 184 valence electrons. The van der Waals surface area contributed by atoms with E-state index in [4.69, 9.17) is 14.1 Å². The van der Waals surface area contributed by atoms with Crippen molar-refractivity contribution in [2.45, 2.75) is 82.0 Å². The Morgan fingerprint density at radius 1 is 1.15 bits per heavy atom. The molecule has 9 heteroatoms. The lowest BCUT2D eigenvalue weighted by atomic mass is 10.1. The molecule has 0 spiro atoms. The molecule has 2 unspecified atom stereocenters. The third-order valence-corrected chi connectivity index (χ3v) is 12.5. The number of hydrogen-bond donors (Lipinski definition) is 0. The second-order valence-electron chi connectivity index (χ2n) is 10.6. The lowest BCUT2D eigenvalue weighted by molar-refractivity contribution is 0.186. The van der Waals surface area contributed by atoms with Gasteiger partial charge in [-0.05, 0) is 67.9 Å². The number of hydrogen-bond acceptors (Lipinski definition) is 6. The number of thioether (sulfide) groups is 1. The molecule has 0 saturated heterocycles. The number of nitrogens with zero attached hydrogens (tertiary/aromatic N) is 4. The Bertz CT molecular complexity index is 1040. The second kappa shape index (κ2) is 9.51. The van der Waals surface area contributed by atoms with E-state index in [1.54, 1.807) is 7.11 Å². The maximum Gasteiger partial charge on any atom is 0.330 e. The summed E-state index contributed by atoms with van der Waals surface area (Å²) in [6.07, 6.45) is 6.67. The maximum absolute atomic E-state index is 13.9. The smallest absolute Gasteiger partial charge is 0.330 e. The van der Waals surface area contributed by atoms with Gasteiger partial charge in [-0.2, -0.15) is 0 Å². The number of urea groups is 1. The zero-order valence-electron chi connectivity index (χ0n) is 21.3. The van der Waals surface area contributed by atoms with Crippen LogP contribution in [0.3, 0.4) is 0 Å². The zero-order valence-corrected chi connectivity index (χ0v) is 23.1. The minimum atomic E-state index is -1.88. The number of ether oxygens (including phenoxy) is 1. The van der Waals surface area contributed by atoms with Crippen molar-refractivity contribution in [1.29, 1.82) is 0 Å². The Kier molecular flexibility index (Phi) is 6.99. The summed E-state index contributed by atoms with van der Waals surface area (Å²) >= 11 is 1.49. The SMILES string of the molecule is COc1ccc(N2Cc3cnc(SC)nc3N(C3CCC(O[Si](C)(C)C(C)(C)C)C3)C2=O)cc1. The Morgan fingerprint density at radius 3 is 2.47 bits per heavy atom. The molecule has 1 aromatic heterocycles. The van der Waals surface area contributed by atoms with Crippen molar-refractivity contribution in [3.63, 3.8) is 0 Å². The maximum atomic E-state index is 13.9. The number of fused-ring (bicyclic) bond motifs is 1. The van der Waals surface area contributed by atoms with E-state index in [9.17, 15) is 4.79 Å². The first-order chi connectivity index (χ1) is 16.0. The van der Waals surface area contributed by atoms with Crippen LogP contribution >= 0.6 is 11.8 Å². The molecule has 1 aromatic carbocycles. The molecule has 0 radical (unpaired) electrons. The van der Waals surface area contributed by atoms with E-state index in [0.29, 0.717) is 11.7 Å². The predicted molar refractivity (Wildman–Crippen MR) is 141 cm³/mol. The third kappa shape index (κ3) is 4.83. The van der Waals surface area contributed by atoms with Gasteiger partial charge in [-0.3, -0.25) is 9.80 Å². The molecule has 1 fully saturated rings. The lowest BCUT2D eigenvalue weighted by Gasteiger charge is -2.40. The normalized spacial score (nSPS) is 21.1. The van der Waals surface area contributed by atoms with Crippen molar-refractivity contribution >= 4 is 37.6 Å². The molecule has 1 aliphatic heterocycles. The fourth-order valence-corrected chi connectivity index (χ4v) is 6.14. The third-order valence-electron chi connectivity index (χ3n) is 7.37. The van der Waals surface area contributed by atoms with Gasteiger partial charge in [-0.15, -0.1) is 0 Å². The lowest BCUT2D eigenvalue weighted by Crippen LogP contribution is -2.52. The standard InChI is InChI=1S/C25H36N4O3SSi/c1-25(2,3)34(6,7)32-21-13-10-19(14-21)29-22-17(15-26-23(27-22)33-5)16-28(24(29)30)18-8-11-20(31-4)12-9-18/h8-9,11-12,15,19,21H,10,13-14,16H2,1-7H3. The molecule has 2 aliphatic rings. The average Bonchev–Trinajstić information content (AvgIpc) is 3.24. The number of amides is 2. The number of carbonyl (C=O) groups excluding carboxylic acids is 1. The molecular formula is C25H36N4O3SSi. The van der Waals surface area contributed by atoms with Crippen LogP contribution in [0.2, 0.25) is 18.1 Å². The number of rotatable bonds is 6. The largest absolute Gasteiger partial charge is 0.497 e. The first-order valence-corrected chi connectivity index (χ1v) is 16.0. The minimum Gasteiger partial charge on any atom is -0.497 e. The van der Waals surface area contributed by atoms with Crippen LogP contribution in [0.5, 0.6) is 5.75 Å². The highest BCUT2D eigenvalue weighted by Crippen LogP contribution is 2.42. The molecule has 2 heterocycles. The summed E-state index contributed by atoms with van der Waals surface area (Å²) in [4.78, 5) is 26.9. The second-order valence-corrected chi connectivity index (χ2v) is 16.1. The van der Waals surface area contributed by atoms with Crippen molar-refractivity contribution in [3.05, 3.63) is 36.0 Å². The van der Waals surface area contributed by atoms with E-state index in [1.165, 1.54) is 11.8 Å². The fourth-order valence-electron chi connectivity index (χ4n) is 4.40. The average molecular weight is 501 g/mol. The highest BCUT2D eigenvalue weighted by Gasteiger charge is 2.44. The monoisotopic (exact) mass is 500 g/mol. The van der Waals surface area contributed by atoms with Crippen molar-refractivity contribution in [2.24, 2.45) is 0 Å². The van der Waals surface area contributed by atoms with E-state index in [2.05, 4.69) is 38.8 Å². The van der Waals surface area contributed by atoms with Crippen LogP contribution in [0, 0.1) is 0 Å². The highest BCUT2D eigenvalue weighted by molar-refractivity contribution is 7.98. The summed E-state index contributed by atoms with van der Waals surface area (Å²) in [7, 11) is -0.241. The fraction of sp³-hybridized carbons (Fsp3) is 0.560. The van der Waals surface area contributed by atoms with Crippen molar-refractivity contribution in [1.82, 2.24) is 9.97 Å². The Labute approximate surface area is 208 Å². The predicted octanol–water partition coefficient (Wildman–Crippen LogP) is 6.10. The Morgan fingerprint density at radius 2 is 1.85 bits per heavy atom. The molecule has 1 saturated carbocycles. The molecule has 0 bridgehead atoms. The molecule has 2 amide bonds. The van der Waals surface area contributed by atoms with E-state index < -0.39 is 8.32 Å². The number of methoxy groups -OCH3 is 1. The number of carbonyl (C=O) groups is 1. The van der Waals surface area contributed by atoms with Crippen LogP contribution in [0.1, 0.15) is 45.6 Å². The molecule has 2 aromatic rings. The molecule has 7 nitrogen and oxygen atoms in total. The Hall–Kier alpha value is -2.10. The van der Waals surface area contributed by atoms with Crippen molar-refractivity contribution < 1.29 is 14.0 Å². The Balaban J connectivity index is 1.64. The molecule has 2 atom stereocenters. The first-order valence-electron chi connectivity index (χ1n) is 11.9. The molecular weight excluding hydrogens is 464 g/mol. The van der Waals surface area contributed by atoms with Crippen LogP contribution in [0.15, 0.2) is 35.6 Å². The van der Waals surface area contributed by atoms with Crippen LogP contribution in [-0.4, -0.2) is 49.8 Å². The van der Waals surface area contributed by atoms with Crippen LogP contribution in [-0.2, 0) is 11.0 Å². The van der Waals surface area contributed by atoms with Gasteiger partial charge in [0.05, 0.1) is 13.7 Å². The number of aromatic nitrogens is 2. The summed E-state index contributed by atoms with van der Waals surface area (Å²) in [6.45, 7) is 11.8. The van der Waals surface area contributed by atoms with Gasteiger partial charge in [-0.25, -0.2) is 14.8 Å². The van der Waals surface area contributed by atoms with Gasteiger partial charge >= 0.3 is 6.03 Å². The highest BCUT2D eigenvalue weighted by atomic mass is 32.2. The van der Waals surface area contributed by atoms with Crippen LogP contribution in [0.4, 0.5) is 16.3 Å². The summed E-state index contributed by atoms with van der Waals surface area (Å²) in [6, 6.07) is 7.63. The van der Waals surface area contributed by atoms with Gasteiger partial charge in [0.2, 0.25) is 0 Å². The quantitative estimate of drug-likeness (QED) is 0.271. The number of anilines is 2. The van der Waals surface area contributed by atoms with E-state index in [-0.39, 0.29) is 23.2 Å². The first kappa shape index (κ1) is 25.0. The summed E-state index contributed by atoms with van der Waals surface area (Å²) in [5, 5.41) is 0.839. The number of benzene rings is 1. The van der Waals surface area contributed by atoms with E-state index in [0.717, 1.165) is 42.1 Å². The molecule has 34 heavy (non-hydrogen) atoms. The van der Waals surface area contributed by atoms with Gasteiger partial charge in [0.15, 0.2) is 13.5 Å². The van der Waals surface area contributed by atoms with E-state index in [1.807, 2.05) is 46.5 Å². The zero-order chi connectivity index (χ0) is 24.7. The van der Waals surface area contributed by atoms with E-state index >= 15 is 0 Å². The molecule has 4 rings (SSSR count). The van der Waals surface area contributed by atoms with Gasteiger partial charge in [0.25, 0.3) is 0 Å². The summed E-state index contributed by atoms with van der Waals surface area (Å²) in [5.74, 6) is 1.51. The summed E-state index contributed by atoms with van der Waals surface area (Å²) < 4.78 is 12.0. The van der Waals surface area contributed by atoms with Gasteiger partial charge < -0.3 is 9.16 Å². The van der Waals surface area contributed by atoms with Gasteiger partial charge in [0.1, 0.15) is 11.6 Å². The van der Waals surface area contributed by atoms with Crippen molar-refractivity contribution in [3.8, 4) is 5.75 Å². The minimum absolute atomic E-state index is 0.0404.